The molecule has 4 rings (SSSR count). The minimum absolute atomic E-state index is 0.811. The first-order chi connectivity index (χ1) is 9.84. The molecule has 0 saturated heterocycles. The fourth-order valence-electron chi connectivity index (χ4n) is 3.78. The summed E-state index contributed by atoms with van der Waals surface area (Å²) in [6.45, 7) is 2.38. The lowest BCUT2D eigenvalue weighted by Gasteiger charge is -2.27. The molecular weight excluding hydrogens is 242 g/mol. The van der Waals surface area contributed by atoms with Gasteiger partial charge in [0.15, 0.2) is 0 Å². The summed E-state index contributed by atoms with van der Waals surface area (Å²) in [7, 11) is 0. The summed E-state index contributed by atoms with van der Waals surface area (Å²) in [5.74, 6) is 0.811. The van der Waals surface area contributed by atoms with E-state index in [2.05, 4.69) is 42.3 Å². The van der Waals surface area contributed by atoms with E-state index >= 15 is 0 Å². The first kappa shape index (κ1) is 11.9. The Bertz CT molecular complexity index is 775. The highest BCUT2D eigenvalue weighted by Gasteiger charge is 2.22. The van der Waals surface area contributed by atoms with E-state index in [-0.39, 0.29) is 0 Å². The van der Waals surface area contributed by atoms with Crippen LogP contribution in [0.1, 0.15) is 35.6 Å². The fraction of sp³-hybridized carbons (Fsp3) is 0.316. The molecule has 100 valence electrons. The summed E-state index contributed by atoms with van der Waals surface area (Å²) in [6.07, 6.45) is 19.9. The van der Waals surface area contributed by atoms with Crippen molar-refractivity contribution in [3.05, 3.63) is 51.0 Å². The molecule has 1 aromatic rings. The van der Waals surface area contributed by atoms with Gasteiger partial charge in [0.2, 0.25) is 0 Å². The molecule has 0 radical (unpaired) electrons. The van der Waals surface area contributed by atoms with Crippen LogP contribution in [-0.2, 0) is 19.3 Å². The van der Waals surface area contributed by atoms with Gasteiger partial charge in [-0.2, -0.15) is 0 Å². The Morgan fingerprint density at radius 3 is 3.00 bits per heavy atom. The van der Waals surface area contributed by atoms with Crippen molar-refractivity contribution in [2.45, 2.75) is 32.6 Å². The normalized spacial score (nSPS) is 22.1. The van der Waals surface area contributed by atoms with Crippen LogP contribution < -0.4 is 10.4 Å². The number of fused-ring (bicyclic) bond motifs is 6. The third kappa shape index (κ3) is 1.73. The highest BCUT2D eigenvalue weighted by molar-refractivity contribution is 5.93. The Kier molecular flexibility index (Phi) is 2.73. The number of nitrogens with zero attached hydrogens (tertiary/aromatic N) is 1. The molecule has 0 spiro atoms. The largest absolute Gasteiger partial charge is 0.265 e. The lowest BCUT2D eigenvalue weighted by molar-refractivity contribution is 0.498. The summed E-state index contributed by atoms with van der Waals surface area (Å²) >= 11 is 0. The Labute approximate surface area is 119 Å². The molecule has 3 aliphatic rings. The maximum Gasteiger partial charge on any atom is 0.0274 e. The molecule has 1 heteroatoms. The summed E-state index contributed by atoms with van der Waals surface area (Å²) < 4.78 is 0. The van der Waals surface area contributed by atoms with E-state index in [1.807, 2.05) is 12.4 Å². The van der Waals surface area contributed by atoms with E-state index in [0.717, 1.165) is 12.3 Å². The number of hydrogen-bond donors (Lipinski definition) is 0. The van der Waals surface area contributed by atoms with Crippen LogP contribution in [0.5, 0.6) is 0 Å². The van der Waals surface area contributed by atoms with Crippen LogP contribution in [0.4, 0.5) is 0 Å². The van der Waals surface area contributed by atoms with Crippen molar-refractivity contribution >= 4 is 24.4 Å². The SMILES string of the molecule is CC1CCc2c(c3c(c4c2C=CN=CC=4)=CC=CC3)C1. The first-order valence-electron chi connectivity index (χ1n) is 7.58. The second-order valence-electron chi connectivity index (χ2n) is 6.10. The number of hydrogen-bond acceptors (Lipinski definition) is 1. The zero-order valence-corrected chi connectivity index (χ0v) is 11.9. The van der Waals surface area contributed by atoms with Gasteiger partial charge in [-0.3, -0.25) is 4.99 Å². The van der Waals surface area contributed by atoms with Crippen LogP contribution in [0.25, 0.3) is 18.2 Å². The van der Waals surface area contributed by atoms with Crippen LogP contribution in [0, 0.1) is 5.92 Å². The lowest BCUT2D eigenvalue weighted by atomic mass is 9.77. The molecule has 1 nitrogen and oxygen atoms in total. The summed E-state index contributed by atoms with van der Waals surface area (Å²) in [6, 6.07) is 0. The molecule has 0 bridgehead atoms. The highest BCUT2D eigenvalue weighted by atomic mass is 14.7. The molecule has 20 heavy (non-hydrogen) atoms. The molecule has 1 heterocycles. The van der Waals surface area contributed by atoms with Crippen LogP contribution in [0.15, 0.2) is 23.3 Å². The van der Waals surface area contributed by atoms with E-state index in [0.29, 0.717) is 0 Å². The minimum Gasteiger partial charge on any atom is -0.265 e. The predicted molar refractivity (Wildman–Crippen MR) is 86.2 cm³/mol. The second-order valence-corrected chi connectivity index (χ2v) is 6.10. The lowest BCUT2D eigenvalue weighted by Crippen LogP contribution is -2.36. The Hall–Kier alpha value is -1.89. The monoisotopic (exact) mass is 261 g/mol. The summed E-state index contributed by atoms with van der Waals surface area (Å²) in [5, 5.41) is 2.79. The molecule has 1 unspecified atom stereocenters. The van der Waals surface area contributed by atoms with Gasteiger partial charge < -0.3 is 0 Å². The van der Waals surface area contributed by atoms with Gasteiger partial charge in [-0.1, -0.05) is 25.2 Å². The topological polar surface area (TPSA) is 12.4 Å². The van der Waals surface area contributed by atoms with E-state index in [4.69, 9.17) is 0 Å². The van der Waals surface area contributed by atoms with Crippen molar-refractivity contribution < 1.29 is 0 Å². The van der Waals surface area contributed by atoms with Crippen LogP contribution in [0.2, 0.25) is 0 Å². The third-order valence-corrected chi connectivity index (χ3v) is 4.77. The third-order valence-electron chi connectivity index (χ3n) is 4.77. The van der Waals surface area contributed by atoms with Crippen molar-refractivity contribution in [2.24, 2.45) is 10.9 Å². The number of aliphatic imine (C=N–C) groups is 1. The van der Waals surface area contributed by atoms with Gasteiger partial charge in [-0.15, -0.1) is 0 Å². The smallest absolute Gasteiger partial charge is 0.0274 e. The molecule has 1 atom stereocenters. The standard InChI is InChI=1S/C19H19N/c1-13-6-7-16-18-9-11-20-10-8-17(18)14-4-2-3-5-15(14)19(16)12-13/h2-4,8-11,13H,5-7,12H2,1H3. The van der Waals surface area contributed by atoms with Gasteiger partial charge in [0.1, 0.15) is 0 Å². The van der Waals surface area contributed by atoms with E-state index < -0.39 is 0 Å². The van der Waals surface area contributed by atoms with Gasteiger partial charge in [0.05, 0.1) is 0 Å². The molecular formula is C19H19N. The van der Waals surface area contributed by atoms with Gasteiger partial charge in [0, 0.05) is 12.4 Å². The van der Waals surface area contributed by atoms with E-state index in [9.17, 15) is 0 Å². The van der Waals surface area contributed by atoms with E-state index in [1.165, 1.54) is 35.3 Å². The molecule has 0 aromatic heterocycles. The fourth-order valence-corrected chi connectivity index (χ4v) is 3.78. The number of rotatable bonds is 0. The van der Waals surface area contributed by atoms with Crippen LogP contribution >= 0.6 is 0 Å². The molecule has 1 aromatic carbocycles. The molecule has 0 N–H and O–H groups in total. The van der Waals surface area contributed by atoms with Gasteiger partial charge in [-0.05, 0) is 76.4 Å². The second kappa shape index (κ2) is 4.59. The Balaban J connectivity index is 2.14. The quantitative estimate of drug-likeness (QED) is 0.680. The summed E-state index contributed by atoms with van der Waals surface area (Å²) in [4.78, 5) is 4.31. The summed E-state index contributed by atoms with van der Waals surface area (Å²) in [5.41, 5.74) is 6.18. The maximum atomic E-state index is 4.31. The zero-order chi connectivity index (χ0) is 13.5. The van der Waals surface area contributed by atoms with Gasteiger partial charge >= 0.3 is 0 Å². The van der Waals surface area contributed by atoms with Crippen molar-refractivity contribution in [3.8, 4) is 0 Å². The van der Waals surface area contributed by atoms with Crippen LogP contribution in [-0.4, -0.2) is 6.21 Å². The van der Waals surface area contributed by atoms with Gasteiger partial charge in [0.25, 0.3) is 0 Å². The van der Waals surface area contributed by atoms with Crippen molar-refractivity contribution in [2.75, 3.05) is 0 Å². The van der Waals surface area contributed by atoms with Crippen LogP contribution in [0.3, 0.4) is 0 Å². The maximum absolute atomic E-state index is 4.31. The Morgan fingerprint density at radius 1 is 1.10 bits per heavy atom. The number of benzene rings is 1. The number of allylic oxidation sites excluding steroid dienone is 2. The molecule has 0 amide bonds. The molecule has 0 saturated carbocycles. The Morgan fingerprint density at radius 2 is 2.05 bits per heavy atom. The minimum atomic E-state index is 0.811. The molecule has 2 aliphatic carbocycles. The molecule has 1 aliphatic heterocycles. The average Bonchev–Trinajstić information content (AvgIpc) is 2.73. The highest BCUT2D eigenvalue weighted by Crippen LogP contribution is 2.29. The zero-order valence-electron chi connectivity index (χ0n) is 11.9. The van der Waals surface area contributed by atoms with E-state index in [1.54, 1.807) is 16.7 Å². The van der Waals surface area contributed by atoms with Crippen molar-refractivity contribution in [3.63, 3.8) is 0 Å². The molecule has 0 fully saturated rings. The van der Waals surface area contributed by atoms with Crippen molar-refractivity contribution in [1.29, 1.82) is 0 Å². The average molecular weight is 261 g/mol. The first-order valence-corrected chi connectivity index (χ1v) is 7.58. The van der Waals surface area contributed by atoms with Gasteiger partial charge in [-0.25, -0.2) is 0 Å². The predicted octanol–water partition coefficient (Wildman–Crippen LogP) is 2.54. The van der Waals surface area contributed by atoms with Crippen molar-refractivity contribution in [1.82, 2.24) is 0 Å².